The number of nitrogens with zero attached hydrogens (tertiary/aromatic N) is 4. The molecule has 0 unspecified atom stereocenters. The smallest absolute Gasteiger partial charge is 0.272 e. The lowest BCUT2D eigenvalue weighted by Crippen LogP contribution is -2.41. The number of rotatable bonds is 5. The van der Waals surface area contributed by atoms with Crippen molar-refractivity contribution in [1.29, 1.82) is 0 Å². The summed E-state index contributed by atoms with van der Waals surface area (Å²) in [5.74, 6) is 0.228. The molecule has 3 heterocycles. The SMILES string of the molecule is COc1ccc(CN2CCn3nc4c(c3C2=O)CN(C(=O)c2ccc(Cl)c(C(F)F)c2)CC4)cc1. The molecule has 35 heavy (non-hydrogen) atoms. The van der Waals surface area contributed by atoms with Crippen molar-refractivity contribution in [3.05, 3.63) is 81.1 Å². The van der Waals surface area contributed by atoms with Gasteiger partial charge in [0.2, 0.25) is 0 Å². The Morgan fingerprint density at radius 3 is 2.63 bits per heavy atom. The molecule has 2 amide bonds. The van der Waals surface area contributed by atoms with Gasteiger partial charge in [-0.25, -0.2) is 8.78 Å². The Labute approximate surface area is 205 Å². The number of benzene rings is 2. The first-order chi connectivity index (χ1) is 16.9. The molecule has 0 spiro atoms. The molecule has 0 aliphatic carbocycles. The predicted molar refractivity (Wildman–Crippen MR) is 125 cm³/mol. The molecule has 182 valence electrons. The van der Waals surface area contributed by atoms with Crippen LogP contribution >= 0.6 is 11.6 Å². The number of ether oxygens (including phenoxy) is 1. The summed E-state index contributed by atoms with van der Waals surface area (Å²) < 4.78 is 33.4. The van der Waals surface area contributed by atoms with Crippen LogP contribution in [0.4, 0.5) is 8.78 Å². The number of halogens is 3. The minimum Gasteiger partial charge on any atom is -0.497 e. The molecule has 1 aromatic heterocycles. The van der Waals surface area contributed by atoms with Crippen LogP contribution in [0.1, 0.15) is 49.7 Å². The fraction of sp³-hybridized carbons (Fsp3) is 0.320. The van der Waals surface area contributed by atoms with E-state index in [0.717, 1.165) is 28.6 Å². The third kappa shape index (κ3) is 4.36. The molecule has 0 saturated carbocycles. The summed E-state index contributed by atoms with van der Waals surface area (Å²) in [6, 6.07) is 11.5. The molecule has 0 atom stereocenters. The molecule has 10 heteroatoms. The summed E-state index contributed by atoms with van der Waals surface area (Å²) in [6.45, 7) is 2.12. The van der Waals surface area contributed by atoms with Gasteiger partial charge in [-0.15, -0.1) is 0 Å². The average molecular weight is 501 g/mol. The molecule has 2 aliphatic heterocycles. The number of amides is 2. The summed E-state index contributed by atoms with van der Waals surface area (Å²) >= 11 is 5.85. The Kier molecular flexibility index (Phi) is 6.19. The molecule has 2 aromatic carbocycles. The lowest BCUT2D eigenvalue weighted by Gasteiger charge is -2.30. The quantitative estimate of drug-likeness (QED) is 0.523. The number of carbonyl (C=O) groups excluding carboxylic acids is 2. The van der Waals surface area contributed by atoms with E-state index in [2.05, 4.69) is 5.10 Å². The van der Waals surface area contributed by atoms with Gasteiger partial charge in [-0.05, 0) is 35.9 Å². The highest BCUT2D eigenvalue weighted by Crippen LogP contribution is 2.30. The van der Waals surface area contributed by atoms with Crippen LogP contribution in [0.3, 0.4) is 0 Å². The van der Waals surface area contributed by atoms with E-state index in [0.29, 0.717) is 38.3 Å². The molecule has 0 fully saturated rings. The monoisotopic (exact) mass is 500 g/mol. The Morgan fingerprint density at radius 2 is 1.91 bits per heavy atom. The molecule has 7 nitrogen and oxygen atoms in total. The van der Waals surface area contributed by atoms with Crippen molar-refractivity contribution in [3.8, 4) is 5.75 Å². The first-order valence-corrected chi connectivity index (χ1v) is 11.6. The Balaban J connectivity index is 1.37. The maximum Gasteiger partial charge on any atom is 0.272 e. The number of hydrogen-bond donors (Lipinski definition) is 0. The second-order valence-electron chi connectivity index (χ2n) is 8.59. The zero-order chi connectivity index (χ0) is 24.7. The minimum atomic E-state index is -2.78. The topological polar surface area (TPSA) is 67.7 Å². The number of hydrogen-bond acceptors (Lipinski definition) is 4. The van der Waals surface area contributed by atoms with Crippen LogP contribution in [0.25, 0.3) is 0 Å². The van der Waals surface area contributed by atoms with Gasteiger partial charge >= 0.3 is 0 Å². The van der Waals surface area contributed by atoms with E-state index in [1.54, 1.807) is 21.6 Å². The van der Waals surface area contributed by atoms with Gasteiger partial charge in [-0.3, -0.25) is 14.3 Å². The van der Waals surface area contributed by atoms with Crippen LogP contribution in [-0.4, -0.2) is 51.6 Å². The fourth-order valence-corrected chi connectivity index (χ4v) is 4.80. The third-order valence-corrected chi connectivity index (χ3v) is 6.81. The van der Waals surface area contributed by atoms with Crippen molar-refractivity contribution in [2.75, 3.05) is 20.2 Å². The molecule has 0 radical (unpaired) electrons. The van der Waals surface area contributed by atoms with Gasteiger partial charge in [0.15, 0.2) is 0 Å². The highest BCUT2D eigenvalue weighted by molar-refractivity contribution is 6.31. The number of methoxy groups -OCH3 is 1. The normalized spacial score (nSPS) is 15.3. The lowest BCUT2D eigenvalue weighted by molar-refractivity contribution is 0.0670. The number of fused-ring (bicyclic) bond motifs is 3. The van der Waals surface area contributed by atoms with Gasteiger partial charge in [0.05, 0.1) is 25.9 Å². The van der Waals surface area contributed by atoms with Crippen LogP contribution < -0.4 is 4.74 Å². The van der Waals surface area contributed by atoms with Gasteiger partial charge in [0.1, 0.15) is 11.4 Å². The maximum atomic E-state index is 13.4. The van der Waals surface area contributed by atoms with Gasteiger partial charge in [0.25, 0.3) is 18.2 Å². The number of carbonyl (C=O) groups is 2. The van der Waals surface area contributed by atoms with Crippen molar-refractivity contribution in [2.24, 2.45) is 0 Å². The molecule has 0 N–H and O–H groups in total. The zero-order valence-corrected chi connectivity index (χ0v) is 19.8. The van der Waals surface area contributed by atoms with Gasteiger partial charge in [-0.1, -0.05) is 23.7 Å². The second kappa shape index (κ2) is 9.30. The zero-order valence-electron chi connectivity index (χ0n) is 19.0. The highest BCUT2D eigenvalue weighted by atomic mass is 35.5. The molecule has 5 rings (SSSR count). The van der Waals surface area contributed by atoms with Crippen LogP contribution in [0.15, 0.2) is 42.5 Å². The largest absolute Gasteiger partial charge is 0.497 e. The van der Waals surface area contributed by atoms with Crippen LogP contribution in [0.5, 0.6) is 5.75 Å². The summed E-state index contributed by atoms with van der Waals surface area (Å²) in [7, 11) is 1.60. The predicted octanol–water partition coefficient (Wildman–Crippen LogP) is 4.34. The standard InChI is InChI=1S/C25H23ClF2N4O3/c1-35-17-5-2-15(3-6-17)13-31-10-11-32-22(25(31)34)19-14-30(9-8-21(19)29-32)24(33)16-4-7-20(26)18(12-16)23(27)28/h2-7,12,23H,8-11,13-14H2,1H3. The summed E-state index contributed by atoms with van der Waals surface area (Å²) in [4.78, 5) is 29.9. The minimum absolute atomic E-state index is 0.0780. The summed E-state index contributed by atoms with van der Waals surface area (Å²) in [5, 5.41) is 4.54. The maximum absolute atomic E-state index is 13.4. The van der Waals surface area contributed by atoms with Crippen molar-refractivity contribution < 1.29 is 23.1 Å². The fourth-order valence-electron chi connectivity index (χ4n) is 4.60. The molecule has 2 aliphatic rings. The van der Waals surface area contributed by atoms with Crippen molar-refractivity contribution in [1.82, 2.24) is 19.6 Å². The van der Waals surface area contributed by atoms with E-state index in [9.17, 15) is 18.4 Å². The molecular weight excluding hydrogens is 478 g/mol. The van der Waals surface area contributed by atoms with E-state index in [4.69, 9.17) is 16.3 Å². The Hall–Kier alpha value is -3.46. The van der Waals surface area contributed by atoms with E-state index in [1.165, 1.54) is 12.1 Å². The van der Waals surface area contributed by atoms with E-state index >= 15 is 0 Å². The highest BCUT2D eigenvalue weighted by Gasteiger charge is 2.35. The average Bonchev–Trinajstić information content (AvgIpc) is 3.24. The Morgan fingerprint density at radius 1 is 1.14 bits per heavy atom. The van der Waals surface area contributed by atoms with E-state index in [1.807, 2.05) is 24.3 Å². The van der Waals surface area contributed by atoms with Crippen LogP contribution in [-0.2, 0) is 26.1 Å². The number of aromatic nitrogens is 2. The first-order valence-electron chi connectivity index (χ1n) is 11.2. The van der Waals surface area contributed by atoms with Gasteiger partial charge < -0.3 is 14.5 Å². The third-order valence-electron chi connectivity index (χ3n) is 6.47. The van der Waals surface area contributed by atoms with Crippen molar-refractivity contribution in [3.63, 3.8) is 0 Å². The first kappa shape index (κ1) is 23.3. The van der Waals surface area contributed by atoms with Gasteiger partial charge in [-0.2, -0.15) is 5.10 Å². The van der Waals surface area contributed by atoms with E-state index in [-0.39, 0.29) is 34.5 Å². The molecule has 3 aromatic rings. The van der Waals surface area contributed by atoms with Gasteiger partial charge in [0, 0.05) is 47.8 Å². The second-order valence-corrected chi connectivity index (χ2v) is 8.99. The molecular formula is C25H23ClF2N4O3. The van der Waals surface area contributed by atoms with Crippen molar-refractivity contribution in [2.45, 2.75) is 32.5 Å². The van der Waals surface area contributed by atoms with Crippen LogP contribution in [0.2, 0.25) is 5.02 Å². The molecule has 0 saturated heterocycles. The van der Waals surface area contributed by atoms with E-state index < -0.39 is 6.43 Å². The summed E-state index contributed by atoms with van der Waals surface area (Å²) in [6.07, 6.45) is -2.29. The van der Waals surface area contributed by atoms with Crippen LogP contribution in [0, 0.1) is 0 Å². The molecule has 0 bridgehead atoms. The Bertz CT molecular complexity index is 1290. The van der Waals surface area contributed by atoms with Crippen molar-refractivity contribution >= 4 is 23.4 Å². The lowest BCUT2D eigenvalue weighted by atomic mass is 10.0. The summed E-state index contributed by atoms with van der Waals surface area (Å²) in [5.41, 5.74) is 2.76. The number of alkyl halides is 2.